The van der Waals surface area contributed by atoms with Gasteiger partial charge in [-0.25, -0.2) is 8.42 Å². The van der Waals surface area contributed by atoms with Crippen LogP contribution in [0.25, 0.3) is 0 Å². The van der Waals surface area contributed by atoms with Crippen molar-refractivity contribution in [2.24, 2.45) is 0 Å². The molecule has 0 unspecified atom stereocenters. The summed E-state index contributed by atoms with van der Waals surface area (Å²) in [5.41, 5.74) is 1.43. The maximum Gasteiger partial charge on any atom is 0.264 e. The standard InChI is InChI=1S/C31H28Cl3N3O4S/c1-35-31(39)29(18-22-10-4-2-5-11-22)36(20-23-12-8-9-15-26(23)33)30(38)21-37(28-19-24(32)16-17-27(28)34)42(40,41)25-13-6-3-7-14-25/h2-17,19,29H,18,20-21H2,1H3,(H,35,39)/t29-/m0/s1. The fourth-order valence-electron chi connectivity index (χ4n) is 4.44. The average Bonchev–Trinajstić information content (AvgIpc) is 3.00. The maximum atomic E-state index is 14.3. The summed E-state index contributed by atoms with van der Waals surface area (Å²) in [6.07, 6.45) is 0.181. The maximum absolute atomic E-state index is 14.3. The van der Waals surface area contributed by atoms with Crippen molar-refractivity contribution in [3.63, 3.8) is 0 Å². The van der Waals surface area contributed by atoms with Crippen LogP contribution < -0.4 is 9.62 Å². The molecule has 4 rings (SSSR count). The van der Waals surface area contributed by atoms with Gasteiger partial charge in [-0.05, 0) is 47.5 Å². The van der Waals surface area contributed by atoms with Gasteiger partial charge in [0.05, 0.1) is 15.6 Å². The molecule has 1 atom stereocenters. The lowest BCUT2D eigenvalue weighted by molar-refractivity contribution is -0.139. The van der Waals surface area contributed by atoms with Crippen LogP contribution in [0.1, 0.15) is 11.1 Å². The zero-order chi connectivity index (χ0) is 30.3. The van der Waals surface area contributed by atoms with Crippen molar-refractivity contribution in [1.29, 1.82) is 0 Å². The Bertz CT molecular complexity index is 1650. The number of sulfonamides is 1. The van der Waals surface area contributed by atoms with Crippen LogP contribution in [0.15, 0.2) is 108 Å². The summed E-state index contributed by atoms with van der Waals surface area (Å²) in [5.74, 6) is -1.06. The van der Waals surface area contributed by atoms with Crippen LogP contribution in [-0.2, 0) is 32.6 Å². The number of rotatable bonds is 11. The van der Waals surface area contributed by atoms with Gasteiger partial charge in [0.15, 0.2) is 0 Å². The predicted octanol–water partition coefficient (Wildman–Crippen LogP) is 6.23. The minimum absolute atomic E-state index is 0.0265. The molecule has 0 fully saturated rings. The van der Waals surface area contributed by atoms with Gasteiger partial charge in [0, 0.05) is 30.1 Å². The molecule has 0 aliphatic rings. The van der Waals surface area contributed by atoms with Crippen molar-refractivity contribution in [2.75, 3.05) is 17.9 Å². The number of benzene rings is 4. The Balaban J connectivity index is 1.82. The van der Waals surface area contributed by atoms with E-state index >= 15 is 0 Å². The van der Waals surface area contributed by atoms with Crippen molar-refractivity contribution in [2.45, 2.75) is 23.9 Å². The molecule has 0 bridgehead atoms. The fraction of sp³-hybridized carbons (Fsp3) is 0.161. The molecule has 1 N–H and O–H groups in total. The number of carbonyl (C=O) groups is 2. The summed E-state index contributed by atoms with van der Waals surface area (Å²) in [4.78, 5) is 28.9. The lowest BCUT2D eigenvalue weighted by Crippen LogP contribution is -2.53. The number of hydrogen-bond donors (Lipinski definition) is 1. The zero-order valence-electron chi connectivity index (χ0n) is 22.6. The number of nitrogens with zero attached hydrogens (tertiary/aromatic N) is 2. The molecular formula is C31H28Cl3N3O4S. The van der Waals surface area contributed by atoms with Gasteiger partial charge in [-0.2, -0.15) is 0 Å². The Labute approximate surface area is 260 Å². The lowest BCUT2D eigenvalue weighted by Gasteiger charge is -2.34. The summed E-state index contributed by atoms with van der Waals surface area (Å²) in [7, 11) is -2.81. The molecule has 0 spiro atoms. The minimum atomic E-state index is -4.30. The third-order valence-electron chi connectivity index (χ3n) is 6.60. The normalized spacial score (nSPS) is 11.9. The van der Waals surface area contributed by atoms with E-state index in [2.05, 4.69) is 5.32 Å². The molecule has 0 aliphatic carbocycles. The highest BCUT2D eigenvalue weighted by atomic mass is 35.5. The van der Waals surface area contributed by atoms with Crippen molar-refractivity contribution < 1.29 is 18.0 Å². The van der Waals surface area contributed by atoms with Crippen LogP contribution in [0.3, 0.4) is 0 Å². The minimum Gasteiger partial charge on any atom is -0.357 e. The molecule has 0 aromatic heterocycles. The SMILES string of the molecule is CNC(=O)[C@H](Cc1ccccc1)N(Cc1ccccc1Cl)C(=O)CN(c1cc(Cl)ccc1Cl)S(=O)(=O)c1ccccc1. The van der Waals surface area contributed by atoms with Gasteiger partial charge in [-0.1, -0.05) is 102 Å². The molecule has 4 aromatic carbocycles. The van der Waals surface area contributed by atoms with E-state index in [0.29, 0.717) is 10.6 Å². The molecular weight excluding hydrogens is 617 g/mol. The fourth-order valence-corrected chi connectivity index (χ4v) is 6.52. The monoisotopic (exact) mass is 643 g/mol. The number of anilines is 1. The number of amides is 2. The van der Waals surface area contributed by atoms with Gasteiger partial charge >= 0.3 is 0 Å². The highest BCUT2D eigenvalue weighted by Gasteiger charge is 2.35. The number of halogens is 3. The molecule has 0 heterocycles. The van der Waals surface area contributed by atoms with Crippen LogP contribution in [0.2, 0.25) is 15.1 Å². The Hall–Kier alpha value is -3.56. The molecule has 0 saturated carbocycles. The first kappa shape index (κ1) is 31.4. The van der Waals surface area contributed by atoms with E-state index in [1.165, 1.54) is 42.3 Å². The highest BCUT2D eigenvalue weighted by Crippen LogP contribution is 2.33. The Morgan fingerprint density at radius 3 is 2.07 bits per heavy atom. The second kappa shape index (κ2) is 14.1. The first-order valence-corrected chi connectivity index (χ1v) is 15.5. The van der Waals surface area contributed by atoms with Crippen LogP contribution >= 0.6 is 34.8 Å². The van der Waals surface area contributed by atoms with Crippen molar-refractivity contribution in [3.8, 4) is 0 Å². The first-order chi connectivity index (χ1) is 20.1. The van der Waals surface area contributed by atoms with E-state index in [9.17, 15) is 18.0 Å². The van der Waals surface area contributed by atoms with Crippen molar-refractivity contribution >= 4 is 62.3 Å². The van der Waals surface area contributed by atoms with Crippen molar-refractivity contribution in [3.05, 3.63) is 129 Å². The van der Waals surface area contributed by atoms with Crippen LogP contribution in [0.5, 0.6) is 0 Å². The molecule has 0 saturated heterocycles. The smallest absolute Gasteiger partial charge is 0.264 e. The second-order valence-electron chi connectivity index (χ2n) is 9.35. The van der Waals surface area contributed by atoms with Crippen LogP contribution in [-0.4, -0.2) is 44.8 Å². The van der Waals surface area contributed by atoms with Gasteiger partial charge < -0.3 is 10.2 Å². The molecule has 0 radical (unpaired) electrons. The van der Waals surface area contributed by atoms with Gasteiger partial charge in [-0.3, -0.25) is 13.9 Å². The number of likely N-dealkylation sites (N-methyl/N-ethyl adjacent to an activating group) is 1. The highest BCUT2D eigenvalue weighted by molar-refractivity contribution is 7.92. The average molecular weight is 645 g/mol. The second-order valence-corrected chi connectivity index (χ2v) is 12.5. The summed E-state index contributed by atoms with van der Waals surface area (Å²) in [6.45, 7) is -0.712. The van der Waals surface area contributed by atoms with Gasteiger partial charge in [-0.15, -0.1) is 0 Å². The van der Waals surface area contributed by atoms with E-state index in [-0.39, 0.29) is 33.6 Å². The van der Waals surface area contributed by atoms with E-state index in [0.717, 1.165) is 9.87 Å². The number of carbonyl (C=O) groups excluding carboxylic acids is 2. The van der Waals surface area contributed by atoms with E-state index in [1.807, 2.05) is 30.3 Å². The van der Waals surface area contributed by atoms with Crippen LogP contribution in [0, 0.1) is 0 Å². The predicted molar refractivity (Wildman–Crippen MR) is 167 cm³/mol. The Morgan fingerprint density at radius 1 is 0.810 bits per heavy atom. The molecule has 218 valence electrons. The molecule has 7 nitrogen and oxygen atoms in total. The summed E-state index contributed by atoms with van der Waals surface area (Å²) in [5, 5.41) is 3.35. The topological polar surface area (TPSA) is 86.8 Å². The quantitative estimate of drug-likeness (QED) is 0.210. The largest absolute Gasteiger partial charge is 0.357 e. The summed E-state index contributed by atoms with van der Waals surface area (Å²) < 4.78 is 28.9. The number of nitrogens with one attached hydrogen (secondary N) is 1. The Kier molecular flexibility index (Phi) is 10.5. The van der Waals surface area contributed by atoms with Gasteiger partial charge in [0.2, 0.25) is 11.8 Å². The van der Waals surface area contributed by atoms with E-state index < -0.39 is 34.4 Å². The molecule has 4 aromatic rings. The summed E-state index contributed by atoms with van der Waals surface area (Å²) >= 11 is 19.2. The molecule has 2 amide bonds. The van der Waals surface area contributed by atoms with E-state index in [4.69, 9.17) is 34.8 Å². The molecule has 11 heteroatoms. The first-order valence-electron chi connectivity index (χ1n) is 12.9. The van der Waals surface area contributed by atoms with Crippen molar-refractivity contribution in [1.82, 2.24) is 10.2 Å². The third kappa shape index (κ3) is 7.44. The number of hydrogen-bond acceptors (Lipinski definition) is 4. The third-order valence-corrected chi connectivity index (χ3v) is 9.30. The molecule has 42 heavy (non-hydrogen) atoms. The van der Waals surface area contributed by atoms with E-state index in [1.54, 1.807) is 42.5 Å². The molecule has 0 aliphatic heterocycles. The van der Waals surface area contributed by atoms with Gasteiger partial charge in [0.1, 0.15) is 12.6 Å². The summed E-state index contributed by atoms with van der Waals surface area (Å²) in [6, 6.07) is 27.3. The van der Waals surface area contributed by atoms with Crippen LogP contribution in [0.4, 0.5) is 5.69 Å². The lowest BCUT2D eigenvalue weighted by atomic mass is 10.0. The zero-order valence-corrected chi connectivity index (χ0v) is 25.7. The van der Waals surface area contributed by atoms with Gasteiger partial charge in [0.25, 0.3) is 10.0 Å². The Morgan fingerprint density at radius 2 is 1.43 bits per heavy atom.